The molecule has 0 aromatic rings. The van der Waals surface area contributed by atoms with Gasteiger partial charge >= 0.3 is 18.9 Å². The second-order valence-electron chi connectivity index (χ2n) is 0.0833. The van der Waals surface area contributed by atoms with E-state index in [1.54, 1.807) is 0 Å². The summed E-state index contributed by atoms with van der Waals surface area (Å²) in [6.07, 6.45) is 0. The number of hydrogen-bond donors (Lipinski definition) is 1. The Bertz CT molecular complexity index is 17.1. The quantitative estimate of drug-likeness (QED) is 0.218. The fourth-order valence-electron chi connectivity index (χ4n) is 0. The van der Waals surface area contributed by atoms with Gasteiger partial charge in [0.25, 0.3) is 0 Å². The monoisotopic (exact) mass is 114 g/mol. The number of rotatable bonds is 0. The zero-order chi connectivity index (χ0) is 2.71. The van der Waals surface area contributed by atoms with Crippen molar-refractivity contribution in [3.63, 3.8) is 0 Å². The Morgan fingerprint density at radius 3 is 1.60 bits per heavy atom. The third kappa shape index (κ3) is 111. The molecule has 1 radical (unpaired) electrons. The van der Waals surface area contributed by atoms with Crippen molar-refractivity contribution in [2.75, 3.05) is 0 Å². The van der Waals surface area contributed by atoms with Gasteiger partial charge in [-0.05, 0) is 0 Å². The van der Waals surface area contributed by atoms with E-state index < -0.39 is 0 Å². The Morgan fingerprint density at radius 2 is 1.60 bits per heavy atom. The van der Waals surface area contributed by atoms with Gasteiger partial charge in [-0.15, -0.1) is 0 Å². The molecular weight excluding hydrogens is 112 g/mol. The molecule has 5 heavy (non-hydrogen) atoms. The SMILES string of the molecule is O=[NH+][O-].[Co].[LiH]. The summed E-state index contributed by atoms with van der Waals surface area (Å²) in [5.74, 6) is 0. The molecule has 0 bridgehead atoms. The van der Waals surface area contributed by atoms with Crippen molar-refractivity contribution < 1.29 is 22.1 Å². The van der Waals surface area contributed by atoms with Crippen LogP contribution in [0.25, 0.3) is 0 Å². The third-order valence-electron chi connectivity index (χ3n) is 0. The molecule has 0 aliphatic heterocycles. The second kappa shape index (κ2) is 24.4. The van der Waals surface area contributed by atoms with E-state index in [9.17, 15) is 0 Å². The van der Waals surface area contributed by atoms with Crippen molar-refractivity contribution >= 4 is 18.9 Å². The van der Waals surface area contributed by atoms with E-state index in [1.807, 2.05) is 0 Å². The fourth-order valence-corrected chi connectivity index (χ4v) is 0. The molecule has 0 aliphatic rings. The van der Waals surface area contributed by atoms with Crippen LogP contribution in [0.1, 0.15) is 0 Å². The van der Waals surface area contributed by atoms with Gasteiger partial charge in [-0.1, -0.05) is 0 Å². The molecule has 0 amide bonds. The molecule has 0 aliphatic carbocycles. The summed E-state index contributed by atoms with van der Waals surface area (Å²) in [4.78, 5) is 8.12. The summed E-state index contributed by atoms with van der Waals surface area (Å²) in [5.41, 5.74) is 0. The van der Waals surface area contributed by atoms with Gasteiger partial charge in [0.2, 0.25) is 0 Å². The topological polar surface area (TPSA) is 54.1 Å². The van der Waals surface area contributed by atoms with E-state index in [0.717, 1.165) is 0 Å². The Balaban J connectivity index is -0.0000000200. The molecule has 29 valence electrons. The van der Waals surface area contributed by atoms with E-state index in [1.165, 1.54) is 0 Å². The summed E-state index contributed by atoms with van der Waals surface area (Å²) < 4.78 is 0. The van der Waals surface area contributed by atoms with Crippen LogP contribution in [-0.4, -0.2) is 18.9 Å². The van der Waals surface area contributed by atoms with Crippen LogP contribution in [-0.2, 0) is 16.8 Å². The minimum atomic E-state index is 0. The first-order valence-electron chi connectivity index (χ1n) is 0.408. The van der Waals surface area contributed by atoms with Crippen LogP contribution in [0.15, 0.2) is 0 Å². The van der Waals surface area contributed by atoms with E-state index in [0.29, 0.717) is 0 Å². The van der Waals surface area contributed by atoms with Crippen molar-refractivity contribution in [3.8, 4) is 0 Å². The van der Waals surface area contributed by atoms with Crippen molar-refractivity contribution in [1.29, 1.82) is 0 Å². The maximum atomic E-state index is 8.12. The number of nitrogens with one attached hydrogen (secondary N) is 1. The van der Waals surface area contributed by atoms with Gasteiger partial charge in [-0.2, -0.15) is 0 Å². The molecule has 0 saturated heterocycles. The van der Waals surface area contributed by atoms with Gasteiger partial charge in [0.15, 0.2) is 0 Å². The first kappa shape index (κ1) is 17.8. The molecule has 0 fully saturated rings. The van der Waals surface area contributed by atoms with Crippen molar-refractivity contribution in [3.05, 3.63) is 10.1 Å². The summed E-state index contributed by atoms with van der Waals surface area (Å²) in [7, 11) is 0. The Labute approximate surface area is 51.4 Å². The van der Waals surface area contributed by atoms with Crippen LogP contribution in [0.2, 0.25) is 0 Å². The van der Waals surface area contributed by atoms with Crippen LogP contribution in [0.3, 0.4) is 0 Å². The van der Waals surface area contributed by atoms with Gasteiger partial charge in [-0.3, -0.25) is 10.1 Å². The maximum absolute atomic E-state index is 8.12. The Hall–Kier alpha value is 0.504. The number of hydrogen-bond acceptors (Lipinski definition) is 2. The summed E-state index contributed by atoms with van der Waals surface area (Å²) in [6, 6.07) is 0. The van der Waals surface area contributed by atoms with E-state index in [-0.39, 0.29) is 41.0 Å². The average molecular weight is 114 g/mol. The van der Waals surface area contributed by atoms with Gasteiger partial charge in [0.05, 0.1) is 0 Å². The normalized spacial score (nSPS) is 2.40. The molecule has 0 spiro atoms. The third-order valence-corrected chi connectivity index (χ3v) is 0. The van der Waals surface area contributed by atoms with Gasteiger partial charge in [-0.25, -0.2) is 0 Å². The first-order chi connectivity index (χ1) is 1.41. The van der Waals surface area contributed by atoms with E-state index in [4.69, 9.17) is 10.1 Å². The van der Waals surface area contributed by atoms with Crippen LogP contribution >= 0.6 is 0 Å². The predicted molar refractivity (Wildman–Crippen MR) is 14.8 cm³/mol. The van der Waals surface area contributed by atoms with Crippen LogP contribution in [0, 0.1) is 10.1 Å². The standard InChI is InChI=1S/Co.Li.HNO2.H/c;;2-1-3;/h;;1H;. The molecule has 0 atom stereocenters. The molecule has 0 saturated carbocycles. The summed E-state index contributed by atoms with van der Waals surface area (Å²) >= 11 is 0. The zero-order valence-corrected chi connectivity index (χ0v) is 2.69. The molecular formula is H2CoLiNO2. The fraction of sp³-hybridized carbons (Fsp3) is 0. The molecule has 0 rings (SSSR count). The average Bonchev–Trinajstić information content (AvgIpc) is 0.918. The van der Waals surface area contributed by atoms with Crippen molar-refractivity contribution in [2.24, 2.45) is 0 Å². The van der Waals surface area contributed by atoms with Crippen LogP contribution in [0.4, 0.5) is 0 Å². The molecule has 5 heteroatoms. The Kier molecular flexibility index (Phi) is 87.1. The Morgan fingerprint density at radius 1 is 1.60 bits per heavy atom. The minimum absolute atomic E-state index is 0. The molecule has 1 N–H and O–H groups in total. The van der Waals surface area contributed by atoms with Gasteiger partial charge in [0.1, 0.15) is 0 Å². The molecule has 0 unspecified atom stereocenters. The van der Waals surface area contributed by atoms with Gasteiger partial charge in [0, 0.05) is 22.1 Å². The summed E-state index contributed by atoms with van der Waals surface area (Å²) in [6.45, 7) is 0. The molecule has 0 aromatic heterocycles. The zero-order valence-electron chi connectivity index (χ0n) is 1.65. The van der Waals surface area contributed by atoms with E-state index >= 15 is 0 Å². The first-order valence-corrected chi connectivity index (χ1v) is 0.408. The van der Waals surface area contributed by atoms with Crippen LogP contribution in [0.5, 0.6) is 0 Å². The van der Waals surface area contributed by atoms with Crippen LogP contribution < -0.4 is 5.34 Å². The molecule has 3 nitrogen and oxygen atoms in total. The van der Waals surface area contributed by atoms with Crippen molar-refractivity contribution in [2.45, 2.75) is 0 Å². The van der Waals surface area contributed by atoms with E-state index in [2.05, 4.69) is 0 Å². The van der Waals surface area contributed by atoms with Crippen molar-refractivity contribution in [1.82, 2.24) is 0 Å². The molecule has 0 heterocycles. The summed E-state index contributed by atoms with van der Waals surface area (Å²) in [5, 5.41) is 8.38. The second-order valence-corrected chi connectivity index (χ2v) is 0.0833. The van der Waals surface area contributed by atoms with Gasteiger partial charge < -0.3 is 0 Å². The predicted octanol–water partition coefficient (Wildman–Crippen LogP) is -2.32. The molecule has 0 aromatic carbocycles.